The van der Waals surface area contributed by atoms with Crippen molar-refractivity contribution in [1.29, 1.82) is 0 Å². The Kier molecular flexibility index (Phi) is 4.61. The van der Waals surface area contributed by atoms with Gasteiger partial charge in [-0.25, -0.2) is 4.98 Å². The number of carboxylic acid groups (broad SMARTS) is 1. The number of nitrogens with two attached hydrogens (primary N) is 1. The van der Waals surface area contributed by atoms with Gasteiger partial charge in [-0.2, -0.15) is 0 Å². The van der Waals surface area contributed by atoms with Gasteiger partial charge in [0, 0.05) is 11.8 Å². The highest BCUT2D eigenvalue weighted by Crippen LogP contribution is 2.12. The first-order valence-electron chi connectivity index (χ1n) is 3.10. The number of nitrogen functional groups attached to an aromatic ring is 1. The summed E-state index contributed by atoms with van der Waals surface area (Å²) < 4.78 is 0. The van der Waals surface area contributed by atoms with Gasteiger partial charge >= 0.3 is 5.97 Å². The fourth-order valence-electron chi connectivity index (χ4n) is 0.672. The molecule has 68 valence electrons. The van der Waals surface area contributed by atoms with E-state index in [1.165, 1.54) is 11.3 Å². The minimum Gasteiger partial charge on any atom is -0.481 e. The summed E-state index contributed by atoms with van der Waals surface area (Å²) in [5.74, 6) is -0.809. The van der Waals surface area contributed by atoms with E-state index in [2.05, 4.69) is 4.98 Å². The molecule has 1 rings (SSSR count). The Bertz CT molecular complexity index is 264. The zero-order valence-electron chi connectivity index (χ0n) is 6.19. The van der Waals surface area contributed by atoms with Crippen LogP contribution in [0.4, 0.5) is 5.13 Å². The number of rotatable bonds is 3. The number of anilines is 1. The number of thiazole rings is 1. The molecule has 0 aliphatic rings. The summed E-state index contributed by atoms with van der Waals surface area (Å²) in [6.45, 7) is 0. The van der Waals surface area contributed by atoms with Crippen LogP contribution in [0.25, 0.3) is 0 Å². The van der Waals surface area contributed by atoms with Crippen molar-refractivity contribution < 1.29 is 9.90 Å². The fraction of sp³-hybridized carbons (Fsp3) is 0.333. The quantitative estimate of drug-likeness (QED) is 0.782. The zero-order valence-corrected chi connectivity index (χ0v) is 7.82. The van der Waals surface area contributed by atoms with Crippen LogP contribution in [0.3, 0.4) is 0 Å². The van der Waals surface area contributed by atoms with Crippen LogP contribution in [0.1, 0.15) is 12.1 Å². The normalized spacial score (nSPS) is 9.00. The minimum absolute atomic E-state index is 0. The molecule has 0 saturated heterocycles. The first-order chi connectivity index (χ1) is 5.18. The van der Waals surface area contributed by atoms with Crippen molar-refractivity contribution in [3.05, 3.63) is 11.1 Å². The fourth-order valence-corrected chi connectivity index (χ4v) is 1.27. The van der Waals surface area contributed by atoms with Gasteiger partial charge < -0.3 is 10.8 Å². The molecule has 4 nitrogen and oxygen atoms in total. The van der Waals surface area contributed by atoms with E-state index in [9.17, 15) is 4.79 Å². The predicted octanol–water partition coefficient (Wildman–Crippen LogP) is 1.16. The number of halogens is 1. The predicted molar refractivity (Wildman–Crippen MR) is 49.7 cm³/mol. The Morgan fingerprint density at radius 1 is 1.75 bits per heavy atom. The van der Waals surface area contributed by atoms with Crippen molar-refractivity contribution in [3.63, 3.8) is 0 Å². The van der Waals surface area contributed by atoms with Crippen LogP contribution in [0.2, 0.25) is 0 Å². The summed E-state index contributed by atoms with van der Waals surface area (Å²) in [7, 11) is 0. The van der Waals surface area contributed by atoms with Gasteiger partial charge in [-0.15, -0.1) is 23.7 Å². The summed E-state index contributed by atoms with van der Waals surface area (Å²) in [4.78, 5) is 14.0. The minimum atomic E-state index is -0.809. The van der Waals surface area contributed by atoms with Gasteiger partial charge in [-0.1, -0.05) is 0 Å². The SMILES string of the molecule is Cl.Nc1nc(CCC(=O)O)cs1. The number of nitrogens with zero attached hydrogens (tertiary/aromatic N) is 1. The molecule has 1 aromatic rings. The lowest BCUT2D eigenvalue weighted by atomic mass is 10.3. The van der Waals surface area contributed by atoms with Crippen LogP contribution in [0.15, 0.2) is 5.38 Å². The number of aromatic nitrogens is 1. The molecule has 0 spiro atoms. The third-order valence-corrected chi connectivity index (χ3v) is 1.89. The molecule has 3 N–H and O–H groups in total. The number of aliphatic carboxylic acids is 1. The van der Waals surface area contributed by atoms with Gasteiger partial charge in [-0.3, -0.25) is 4.79 Å². The van der Waals surface area contributed by atoms with E-state index < -0.39 is 5.97 Å². The number of hydrogen-bond donors (Lipinski definition) is 2. The van der Waals surface area contributed by atoms with Gasteiger partial charge in [-0.05, 0) is 0 Å². The van der Waals surface area contributed by atoms with Crippen LogP contribution >= 0.6 is 23.7 Å². The van der Waals surface area contributed by atoms with Crippen LogP contribution in [-0.2, 0) is 11.2 Å². The molecule has 0 amide bonds. The second-order valence-electron chi connectivity index (χ2n) is 2.07. The van der Waals surface area contributed by atoms with E-state index in [0.717, 1.165) is 5.69 Å². The van der Waals surface area contributed by atoms with Crippen molar-refractivity contribution in [2.24, 2.45) is 0 Å². The maximum Gasteiger partial charge on any atom is 0.303 e. The first kappa shape index (κ1) is 11.2. The first-order valence-corrected chi connectivity index (χ1v) is 3.98. The lowest BCUT2D eigenvalue weighted by Gasteiger charge is -1.89. The smallest absolute Gasteiger partial charge is 0.303 e. The summed E-state index contributed by atoms with van der Waals surface area (Å²) in [6.07, 6.45) is 0.576. The van der Waals surface area contributed by atoms with Gasteiger partial charge in [0.2, 0.25) is 0 Å². The van der Waals surface area contributed by atoms with Crippen molar-refractivity contribution in [1.82, 2.24) is 4.98 Å². The molecule has 0 unspecified atom stereocenters. The molecule has 12 heavy (non-hydrogen) atoms. The van der Waals surface area contributed by atoms with E-state index >= 15 is 0 Å². The van der Waals surface area contributed by atoms with Crippen LogP contribution in [0, 0.1) is 0 Å². The summed E-state index contributed by atoms with van der Waals surface area (Å²) in [6, 6.07) is 0. The standard InChI is InChI=1S/C6H8N2O2S.ClH/c7-6-8-4(3-11-6)1-2-5(9)10;/h3H,1-2H2,(H2,7,8)(H,9,10);1H. The molecule has 6 heteroatoms. The molecule has 1 aromatic heterocycles. The van der Waals surface area contributed by atoms with Gasteiger partial charge in [0.15, 0.2) is 5.13 Å². The number of carbonyl (C=O) groups is 1. The van der Waals surface area contributed by atoms with Crippen molar-refractivity contribution in [2.75, 3.05) is 5.73 Å². The van der Waals surface area contributed by atoms with E-state index in [-0.39, 0.29) is 18.8 Å². The van der Waals surface area contributed by atoms with Crippen molar-refractivity contribution >= 4 is 34.8 Å². The Balaban J connectivity index is 0.00000121. The van der Waals surface area contributed by atoms with Crippen LogP contribution in [-0.4, -0.2) is 16.1 Å². The van der Waals surface area contributed by atoms with Crippen LogP contribution in [0.5, 0.6) is 0 Å². The molecule has 0 aliphatic carbocycles. The maximum absolute atomic E-state index is 10.1. The number of aryl methyl sites for hydroxylation is 1. The van der Waals surface area contributed by atoms with Crippen LogP contribution < -0.4 is 5.73 Å². The highest BCUT2D eigenvalue weighted by atomic mass is 35.5. The van der Waals surface area contributed by atoms with Crippen molar-refractivity contribution in [3.8, 4) is 0 Å². The monoisotopic (exact) mass is 208 g/mol. The zero-order chi connectivity index (χ0) is 8.27. The summed E-state index contributed by atoms with van der Waals surface area (Å²) in [5.41, 5.74) is 6.10. The molecule has 0 atom stereocenters. The topological polar surface area (TPSA) is 76.2 Å². The second-order valence-corrected chi connectivity index (χ2v) is 2.96. The number of carboxylic acids is 1. The molecule has 0 saturated carbocycles. The van der Waals surface area contributed by atoms with Crippen molar-refractivity contribution in [2.45, 2.75) is 12.8 Å². The number of hydrogen-bond acceptors (Lipinski definition) is 4. The molecule has 0 fully saturated rings. The van der Waals surface area contributed by atoms with E-state index in [4.69, 9.17) is 10.8 Å². The Morgan fingerprint density at radius 2 is 2.42 bits per heavy atom. The Morgan fingerprint density at radius 3 is 2.83 bits per heavy atom. The lowest BCUT2D eigenvalue weighted by Crippen LogP contribution is -1.97. The Labute approximate surface area is 79.8 Å². The van der Waals surface area contributed by atoms with E-state index in [1.807, 2.05) is 0 Å². The molecule has 0 aromatic carbocycles. The van der Waals surface area contributed by atoms with Gasteiger partial charge in [0.25, 0.3) is 0 Å². The summed E-state index contributed by atoms with van der Waals surface area (Å²) in [5, 5.41) is 10.6. The second kappa shape index (κ2) is 4.95. The third kappa shape index (κ3) is 3.54. The Hall–Kier alpha value is -0.810. The largest absolute Gasteiger partial charge is 0.481 e. The maximum atomic E-state index is 10.1. The molecule has 0 aliphatic heterocycles. The summed E-state index contributed by atoms with van der Waals surface area (Å²) >= 11 is 1.33. The highest BCUT2D eigenvalue weighted by molar-refractivity contribution is 7.13. The highest BCUT2D eigenvalue weighted by Gasteiger charge is 2.01. The lowest BCUT2D eigenvalue weighted by molar-refractivity contribution is -0.136. The molecule has 0 radical (unpaired) electrons. The van der Waals surface area contributed by atoms with Gasteiger partial charge in [0.1, 0.15) is 0 Å². The molecular formula is C6H9ClN2O2S. The van der Waals surface area contributed by atoms with E-state index in [0.29, 0.717) is 11.6 Å². The average molecular weight is 209 g/mol. The van der Waals surface area contributed by atoms with E-state index in [1.54, 1.807) is 5.38 Å². The average Bonchev–Trinajstić information content (AvgIpc) is 2.31. The molecule has 1 heterocycles. The molecule has 0 bridgehead atoms. The van der Waals surface area contributed by atoms with Gasteiger partial charge in [0.05, 0.1) is 12.1 Å². The molecular weight excluding hydrogens is 200 g/mol. The third-order valence-electron chi connectivity index (χ3n) is 1.16.